The molecule has 0 atom stereocenters. The van der Waals surface area contributed by atoms with Gasteiger partial charge >= 0.3 is 0 Å². The van der Waals surface area contributed by atoms with E-state index in [2.05, 4.69) is 14.7 Å². The van der Waals surface area contributed by atoms with Gasteiger partial charge < -0.3 is 14.5 Å². The molecular formula is C26H29N5O3S. The number of aromatic nitrogens is 3. The van der Waals surface area contributed by atoms with Crippen LogP contribution in [0.15, 0.2) is 53.4 Å². The monoisotopic (exact) mass is 491 g/mol. The van der Waals surface area contributed by atoms with E-state index in [-0.39, 0.29) is 16.4 Å². The number of nitrogens with zero attached hydrogens (tertiary/aromatic N) is 3. The van der Waals surface area contributed by atoms with Crippen LogP contribution in [-0.2, 0) is 17.1 Å². The molecule has 35 heavy (non-hydrogen) atoms. The van der Waals surface area contributed by atoms with Crippen molar-refractivity contribution in [2.75, 3.05) is 17.8 Å². The van der Waals surface area contributed by atoms with E-state index < -0.39 is 10.0 Å². The summed E-state index contributed by atoms with van der Waals surface area (Å²) in [6, 6.07) is 14.8. The van der Waals surface area contributed by atoms with Crippen molar-refractivity contribution in [2.45, 2.75) is 38.0 Å². The van der Waals surface area contributed by atoms with Crippen molar-refractivity contribution in [3.8, 4) is 11.4 Å². The Bertz CT molecular complexity index is 1480. The van der Waals surface area contributed by atoms with Crippen LogP contribution in [0.3, 0.4) is 0 Å². The van der Waals surface area contributed by atoms with E-state index in [9.17, 15) is 13.2 Å². The Hall–Kier alpha value is -3.59. The standard InChI is InChI=1S/C26H29N5O3S/c1-17-23(26(32)31-15-7-4-8-16-31)24(18(2)30(17)3)35(33,34)29-20-13-11-19(12-14-20)25-27-21-9-5-6-10-22(21)28-25/h5-6,9-14,29H,4,7-8,15-16H2,1-3H3,(H,27,28). The molecule has 0 bridgehead atoms. The predicted octanol–water partition coefficient (Wildman–Crippen LogP) is 4.61. The van der Waals surface area contributed by atoms with Crippen LogP contribution >= 0.6 is 0 Å². The maximum Gasteiger partial charge on any atom is 0.264 e. The molecule has 0 radical (unpaired) electrons. The van der Waals surface area contributed by atoms with E-state index in [1.54, 1.807) is 42.5 Å². The number of hydrogen-bond donors (Lipinski definition) is 2. The zero-order chi connectivity index (χ0) is 24.7. The quantitative estimate of drug-likeness (QED) is 0.426. The number of fused-ring (bicyclic) bond motifs is 1. The van der Waals surface area contributed by atoms with E-state index in [1.165, 1.54) is 0 Å². The molecule has 0 saturated carbocycles. The van der Waals surface area contributed by atoms with Gasteiger partial charge in [-0.15, -0.1) is 0 Å². The Morgan fingerprint density at radius 3 is 2.34 bits per heavy atom. The van der Waals surface area contributed by atoms with Gasteiger partial charge in [0.25, 0.3) is 15.9 Å². The lowest BCUT2D eigenvalue weighted by Gasteiger charge is -2.27. The molecule has 1 saturated heterocycles. The highest BCUT2D eigenvalue weighted by Gasteiger charge is 2.33. The molecule has 1 aliphatic heterocycles. The number of anilines is 1. The number of likely N-dealkylation sites (tertiary alicyclic amines) is 1. The molecule has 4 aromatic rings. The van der Waals surface area contributed by atoms with Crippen LogP contribution in [0.2, 0.25) is 0 Å². The summed E-state index contributed by atoms with van der Waals surface area (Å²) in [6.07, 6.45) is 2.97. The number of carbonyl (C=O) groups is 1. The molecule has 1 fully saturated rings. The van der Waals surface area contributed by atoms with E-state index in [0.717, 1.165) is 35.9 Å². The van der Waals surface area contributed by atoms with Crippen molar-refractivity contribution in [2.24, 2.45) is 7.05 Å². The van der Waals surface area contributed by atoms with Crippen molar-refractivity contribution < 1.29 is 13.2 Å². The van der Waals surface area contributed by atoms with Gasteiger partial charge in [-0.1, -0.05) is 12.1 Å². The first kappa shape index (κ1) is 23.2. The van der Waals surface area contributed by atoms with Gasteiger partial charge in [0.1, 0.15) is 10.7 Å². The average molecular weight is 492 g/mol. The summed E-state index contributed by atoms with van der Waals surface area (Å²) < 4.78 is 31.6. The number of rotatable bonds is 5. The molecule has 0 spiro atoms. The maximum absolute atomic E-state index is 13.6. The van der Waals surface area contributed by atoms with E-state index in [1.807, 2.05) is 36.4 Å². The van der Waals surface area contributed by atoms with Gasteiger partial charge in [0.2, 0.25) is 0 Å². The minimum absolute atomic E-state index is 0.0504. The molecule has 1 aliphatic rings. The zero-order valence-electron chi connectivity index (χ0n) is 20.1. The van der Waals surface area contributed by atoms with Crippen molar-refractivity contribution in [1.82, 2.24) is 19.4 Å². The molecule has 1 amide bonds. The Kier molecular flexibility index (Phi) is 5.88. The van der Waals surface area contributed by atoms with Crippen LogP contribution in [0.5, 0.6) is 0 Å². The largest absolute Gasteiger partial charge is 0.350 e. The Balaban J connectivity index is 1.45. The number of H-pyrrole nitrogens is 1. The third kappa shape index (κ3) is 4.20. The SMILES string of the molecule is Cc1c(C(=O)N2CCCCC2)c(S(=O)(=O)Nc2ccc(-c3nc4ccccc4[nH]3)cc2)c(C)n1C. The van der Waals surface area contributed by atoms with Gasteiger partial charge in [-0.2, -0.15) is 0 Å². The van der Waals surface area contributed by atoms with Crippen molar-refractivity contribution in [3.05, 3.63) is 65.5 Å². The number of carbonyl (C=O) groups excluding carboxylic acids is 1. The Morgan fingerprint density at radius 1 is 0.971 bits per heavy atom. The van der Waals surface area contributed by atoms with Crippen LogP contribution in [-0.4, -0.2) is 46.8 Å². The highest BCUT2D eigenvalue weighted by Crippen LogP contribution is 2.30. The zero-order valence-corrected chi connectivity index (χ0v) is 20.9. The van der Waals surface area contributed by atoms with E-state index in [0.29, 0.717) is 36.0 Å². The number of nitrogens with one attached hydrogen (secondary N) is 2. The van der Waals surface area contributed by atoms with Crippen LogP contribution in [0.25, 0.3) is 22.4 Å². The van der Waals surface area contributed by atoms with E-state index in [4.69, 9.17) is 0 Å². The first-order valence-corrected chi connectivity index (χ1v) is 13.3. The molecule has 2 N–H and O–H groups in total. The molecular weight excluding hydrogens is 462 g/mol. The summed E-state index contributed by atoms with van der Waals surface area (Å²) in [5, 5.41) is 0. The summed E-state index contributed by atoms with van der Waals surface area (Å²) in [4.78, 5) is 23.1. The lowest BCUT2D eigenvalue weighted by atomic mass is 10.1. The van der Waals surface area contributed by atoms with Crippen LogP contribution in [0, 0.1) is 13.8 Å². The molecule has 5 rings (SSSR count). The normalized spacial score (nSPS) is 14.4. The minimum atomic E-state index is -4.00. The fourth-order valence-corrected chi connectivity index (χ4v) is 6.32. The second kappa shape index (κ2) is 8.88. The summed E-state index contributed by atoms with van der Waals surface area (Å²) >= 11 is 0. The topological polar surface area (TPSA) is 100 Å². The number of amides is 1. The van der Waals surface area contributed by atoms with Crippen LogP contribution in [0.1, 0.15) is 41.0 Å². The molecule has 182 valence electrons. The van der Waals surface area contributed by atoms with Gasteiger partial charge in [0, 0.05) is 42.8 Å². The molecule has 8 nitrogen and oxygen atoms in total. The van der Waals surface area contributed by atoms with Gasteiger partial charge in [-0.05, 0) is 69.5 Å². The third-order valence-electron chi connectivity index (χ3n) is 6.85. The van der Waals surface area contributed by atoms with Crippen molar-refractivity contribution in [3.63, 3.8) is 0 Å². The molecule has 0 aliphatic carbocycles. The number of para-hydroxylation sites is 2. The third-order valence-corrected chi connectivity index (χ3v) is 8.39. The van der Waals surface area contributed by atoms with Crippen LogP contribution < -0.4 is 4.72 Å². The lowest BCUT2D eigenvalue weighted by molar-refractivity contribution is 0.0720. The Labute approximate surface area is 205 Å². The summed E-state index contributed by atoms with van der Waals surface area (Å²) in [5.41, 5.74) is 4.52. The lowest BCUT2D eigenvalue weighted by Crippen LogP contribution is -2.36. The predicted molar refractivity (Wildman–Crippen MR) is 137 cm³/mol. The molecule has 2 aromatic heterocycles. The number of piperidine rings is 1. The fourth-order valence-electron chi connectivity index (χ4n) is 4.74. The van der Waals surface area contributed by atoms with Crippen molar-refractivity contribution in [1.29, 1.82) is 0 Å². The number of imidazole rings is 1. The van der Waals surface area contributed by atoms with Crippen molar-refractivity contribution >= 4 is 32.7 Å². The van der Waals surface area contributed by atoms with E-state index >= 15 is 0 Å². The fraction of sp³-hybridized carbons (Fsp3) is 0.308. The second-order valence-corrected chi connectivity index (χ2v) is 10.7. The van der Waals surface area contributed by atoms with Gasteiger partial charge in [0.15, 0.2) is 0 Å². The number of aromatic amines is 1. The molecule has 9 heteroatoms. The highest BCUT2D eigenvalue weighted by molar-refractivity contribution is 7.92. The summed E-state index contributed by atoms with van der Waals surface area (Å²) in [7, 11) is -2.21. The highest BCUT2D eigenvalue weighted by atomic mass is 32.2. The number of hydrogen-bond acceptors (Lipinski definition) is 4. The molecule has 3 heterocycles. The Morgan fingerprint density at radius 2 is 1.66 bits per heavy atom. The molecule has 2 aromatic carbocycles. The maximum atomic E-state index is 13.6. The van der Waals surface area contributed by atoms with Gasteiger partial charge in [0.05, 0.1) is 16.6 Å². The summed E-state index contributed by atoms with van der Waals surface area (Å²) in [6.45, 7) is 4.84. The minimum Gasteiger partial charge on any atom is -0.350 e. The first-order valence-electron chi connectivity index (χ1n) is 11.8. The van der Waals surface area contributed by atoms with Gasteiger partial charge in [-0.3, -0.25) is 9.52 Å². The van der Waals surface area contributed by atoms with Gasteiger partial charge in [-0.25, -0.2) is 13.4 Å². The number of benzene rings is 2. The second-order valence-electron chi connectivity index (χ2n) is 9.07. The smallest absolute Gasteiger partial charge is 0.264 e. The van der Waals surface area contributed by atoms with Crippen LogP contribution in [0.4, 0.5) is 5.69 Å². The average Bonchev–Trinajstić information content (AvgIpc) is 3.39. The number of sulfonamides is 1. The molecule has 0 unspecified atom stereocenters. The summed E-state index contributed by atoms with van der Waals surface area (Å²) in [5.74, 6) is 0.496. The first-order chi connectivity index (χ1) is 16.8.